The third-order valence-electron chi connectivity index (χ3n) is 7.65. The Morgan fingerprint density at radius 1 is 0.793 bits per heavy atom. The summed E-state index contributed by atoms with van der Waals surface area (Å²) in [6.45, 7) is 4.82. The van der Waals surface area contributed by atoms with E-state index in [4.69, 9.17) is 4.74 Å². The zero-order valence-corrected chi connectivity index (χ0v) is 18.5. The quantitative estimate of drug-likeness (QED) is 0.374. The predicted octanol–water partition coefficient (Wildman–Crippen LogP) is 8.41. The number of hydrogen-bond acceptors (Lipinski definition) is 1. The van der Waals surface area contributed by atoms with Crippen LogP contribution in [0.4, 0.5) is 8.78 Å². The van der Waals surface area contributed by atoms with Crippen LogP contribution in [-0.4, -0.2) is 6.61 Å². The summed E-state index contributed by atoms with van der Waals surface area (Å²) in [6, 6.07) is 3.39. The van der Waals surface area contributed by atoms with Crippen LogP contribution in [0.2, 0.25) is 0 Å². The largest absolute Gasteiger partial charge is 0.490 e. The third-order valence-corrected chi connectivity index (χ3v) is 7.65. The summed E-state index contributed by atoms with van der Waals surface area (Å²) in [5.74, 6) is 1.41. The molecular formula is C26H40F2O. The first kappa shape index (κ1) is 22.6. The third kappa shape index (κ3) is 6.18. The highest BCUT2D eigenvalue weighted by molar-refractivity contribution is 5.33. The van der Waals surface area contributed by atoms with Gasteiger partial charge in [0.2, 0.25) is 5.82 Å². The number of unbranched alkanes of at least 4 members (excludes halogenated alkanes) is 1. The molecule has 2 aliphatic carbocycles. The monoisotopic (exact) mass is 406 g/mol. The molecular weight excluding hydrogens is 366 g/mol. The molecule has 0 saturated heterocycles. The topological polar surface area (TPSA) is 9.23 Å². The maximum atomic E-state index is 14.6. The molecule has 3 rings (SSSR count). The van der Waals surface area contributed by atoms with Gasteiger partial charge in [0.25, 0.3) is 0 Å². The minimum Gasteiger partial charge on any atom is -0.490 e. The van der Waals surface area contributed by atoms with Crippen LogP contribution in [0.15, 0.2) is 12.1 Å². The molecule has 0 N–H and O–H groups in total. The highest BCUT2D eigenvalue weighted by atomic mass is 19.2. The van der Waals surface area contributed by atoms with Crippen LogP contribution in [0.25, 0.3) is 0 Å². The SMILES string of the molecule is CCCCOc1ccc([C@H]2CC[C@H](CCC3CCC(CC)CC3)CC2)c(F)c1F. The van der Waals surface area contributed by atoms with Crippen LogP contribution in [0.1, 0.15) is 109 Å². The van der Waals surface area contributed by atoms with Gasteiger partial charge in [-0.05, 0) is 67.4 Å². The molecule has 0 aliphatic heterocycles. The molecule has 0 radical (unpaired) electrons. The van der Waals surface area contributed by atoms with Crippen molar-refractivity contribution < 1.29 is 13.5 Å². The van der Waals surface area contributed by atoms with E-state index >= 15 is 0 Å². The van der Waals surface area contributed by atoms with Crippen molar-refractivity contribution in [3.63, 3.8) is 0 Å². The molecule has 2 saturated carbocycles. The minimum atomic E-state index is -0.802. The van der Waals surface area contributed by atoms with Gasteiger partial charge in [0, 0.05) is 0 Å². The molecule has 1 aromatic carbocycles. The summed E-state index contributed by atoms with van der Waals surface area (Å²) >= 11 is 0. The first-order valence-electron chi connectivity index (χ1n) is 12.2. The van der Waals surface area contributed by atoms with Gasteiger partial charge in [-0.3, -0.25) is 0 Å². The second-order valence-corrected chi connectivity index (χ2v) is 9.57. The van der Waals surface area contributed by atoms with Crippen LogP contribution in [-0.2, 0) is 0 Å². The Bertz CT molecular complexity index is 613. The van der Waals surface area contributed by atoms with Gasteiger partial charge >= 0.3 is 0 Å². The van der Waals surface area contributed by atoms with Crippen molar-refractivity contribution in [3.8, 4) is 5.75 Å². The van der Waals surface area contributed by atoms with Gasteiger partial charge in [-0.2, -0.15) is 4.39 Å². The van der Waals surface area contributed by atoms with Gasteiger partial charge in [-0.15, -0.1) is 0 Å². The fraction of sp³-hybridized carbons (Fsp3) is 0.769. The summed E-state index contributed by atoms with van der Waals surface area (Å²) in [5, 5.41) is 0. The lowest BCUT2D eigenvalue weighted by molar-refractivity contribution is 0.226. The van der Waals surface area contributed by atoms with Crippen molar-refractivity contribution >= 4 is 0 Å². The van der Waals surface area contributed by atoms with Crippen LogP contribution >= 0.6 is 0 Å². The Balaban J connectivity index is 1.45. The molecule has 164 valence electrons. The molecule has 2 aliphatic rings. The Morgan fingerprint density at radius 2 is 1.38 bits per heavy atom. The molecule has 0 spiro atoms. The van der Waals surface area contributed by atoms with E-state index in [1.807, 2.05) is 0 Å². The highest BCUT2D eigenvalue weighted by Crippen LogP contribution is 2.41. The smallest absolute Gasteiger partial charge is 0.200 e. The first-order valence-corrected chi connectivity index (χ1v) is 12.2. The van der Waals surface area contributed by atoms with Gasteiger partial charge in [-0.25, -0.2) is 4.39 Å². The van der Waals surface area contributed by atoms with E-state index in [0.29, 0.717) is 12.2 Å². The van der Waals surface area contributed by atoms with Crippen molar-refractivity contribution in [1.29, 1.82) is 0 Å². The Labute approximate surface area is 176 Å². The molecule has 0 heterocycles. The molecule has 0 bridgehead atoms. The second-order valence-electron chi connectivity index (χ2n) is 9.57. The van der Waals surface area contributed by atoms with Crippen molar-refractivity contribution in [3.05, 3.63) is 29.3 Å². The maximum absolute atomic E-state index is 14.6. The fourth-order valence-corrected chi connectivity index (χ4v) is 5.46. The molecule has 1 nitrogen and oxygen atoms in total. The minimum absolute atomic E-state index is 0.0613. The molecule has 0 unspecified atom stereocenters. The van der Waals surface area contributed by atoms with E-state index in [-0.39, 0.29) is 11.7 Å². The number of rotatable bonds is 9. The highest BCUT2D eigenvalue weighted by Gasteiger charge is 2.27. The summed E-state index contributed by atoms with van der Waals surface area (Å²) in [6.07, 6.45) is 15.9. The normalized spacial score (nSPS) is 27.7. The standard InChI is InChI=1S/C26H40F2O/c1-3-5-18-29-24-17-16-23(25(27)26(24)28)22-14-12-21(13-15-22)11-10-20-8-6-19(4-2)7-9-20/h16-17,19-22H,3-15,18H2,1-2H3/t19?,20?,21-,22-. The number of benzene rings is 1. The summed E-state index contributed by atoms with van der Waals surface area (Å²) < 4.78 is 34.5. The molecule has 3 heteroatoms. The van der Waals surface area contributed by atoms with E-state index < -0.39 is 11.6 Å². The zero-order valence-electron chi connectivity index (χ0n) is 18.5. The first-order chi connectivity index (χ1) is 14.1. The Kier molecular flexibility index (Phi) is 8.81. The van der Waals surface area contributed by atoms with Crippen LogP contribution in [0, 0.1) is 29.4 Å². The maximum Gasteiger partial charge on any atom is 0.200 e. The van der Waals surface area contributed by atoms with Gasteiger partial charge in [0.1, 0.15) is 0 Å². The van der Waals surface area contributed by atoms with E-state index in [2.05, 4.69) is 13.8 Å². The van der Waals surface area contributed by atoms with E-state index in [1.165, 1.54) is 44.9 Å². The van der Waals surface area contributed by atoms with Crippen molar-refractivity contribution in [2.24, 2.45) is 17.8 Å². The van der Waals surface area contributed by atoms with Gasteiger partial charge < -0.3 is 4.74 Å². The Morgan fingerprint density at radius 3 is 1.97 bits per heavy atom. The average molecular weight is 407 g/mol. The predicted molar refractivity (Wildman–Crippen MR) is 116 cm³/mol. The van der Waals surface area contributed by atoms with Gasteiger partial charge in [0.05, 0.1) is 6.61 Å². The summed E-state index contributed by atoms with van der Waals surface area (Å²) in [5.41, 5.74) is 0.557. The lowest BCUT2D eigenvalue weighted by atomic mass is 9.74. The second kappa shape index (κ2) is 11.3. The zero-order chi connectivity index (χ0) is 20.6. The summed E-state index contributed by atoms with van der Waals surface area (Å²) in [4.78, 5) is 0. The van der Waals surface area contributed by atoms with E-state index in [9.17, 15) is 8.78 Å². The van der Waals surface area contributed by atoms with E-state index in [0.717, 1.165) is 56.3 Å². The summed E-state index contributed by atoms with van der Waals surface area (Å²) in [7, 11) is 0. The average Bonchev–Trinajstić information content (AvgIpc) is 2.76. The number of hydrogen-bond donors (Lipinski definition) is 0. The van der Waals surface area contributed by atoms with Gasteiger partial charge in [0.15, 0.2) is 11.6 Å². The van der Waals surface area contributed by atoms with Crippen molar-refractivity contribution in [2.45, 2.75) is 103 Å². The molecule has 0 amide bonds. The molecule has 2 fully saturated rings. The van der Waals surface area contributed by atoms with Gasteiger partial charge in [-0.1, -0.05) is 71.3 Å². The van der Waals surface area contributed by atoms with E-state index in [1.54, 1.807) is 12.1 Å². The number of ether oxygens (including phenoxy) is 1. The van der Waals surface area contributed by atoms with Crippen molar-refractivity contribution in [2.75, 3.05) is 6.61 Å². The molecule has 1 aromatic rings. The van der Waals surface area contributed by atoms with Crippen LogP contribution in [0.5, 0.6) is 5.75 Å². The Hall–Kier alpha value is -1.12. The van der Waals surface area contributed by atoms with Crippen LogP contribution < -0.4 is 4.74 Å². The molecule has 0 aromatic heterocycles. The van der Waals surface area contributed by atoms with Crippen molar-refractivity contribution in [1.82, 2.24) is 0 Å². The lowest BCUT2D eigenvalue weighted by Gasteiger charge is -2.32. The number of halogens is 2. The molecule has 0 atom stereocenters. The fourth-order valence-electron chi connectivity index (χ4n) is 5.46. The van der Waals surface area contributed by atoms with Crippen LogP contribution in [0.3, 0.4) is 0 Å². The molecule has 29 heavy (non-hydrogen) atoms. The lowest BCUT2D eigenvalue weighted by Crippen LogP contribution is -2.18.